The van der Waals surface area contributed by atoms with E-state index >= 15 is 0 Å². The van der Waals surface area contributed by atoms with Gasteiger partial charge in [-0.1, -0.05) is 6.42 Å². The van der Waals surface area contributed by atoms with E-state index in [9.17, 15) is 0 Å². The van der Waals surface area contributed by atoms with E-state index in [0.717, 1.165) is 6.54 Å². The zero-order valence-corrected chi connectivity index (χ0v) is 7.54. The zero-order chi connectivity index (χ0) is 7.45. The average molecular weight is 159 g/mol. The molecule has 60 valence electrons. The minimum absolute atomic E-state index is 0.661. The molecule has 2 heteroatoms. The first kappa shape index (κ1) is 8.41. The topological polar surface area (TPSA) is 26.0 Å². The van der Waals surface area contributed by atoms with Crippen molar-refractivity contribution in [3.05, 3.63) is 0 Å². The van der Waals surface area contributed by atoms with Gasteiger partial charge in [0.05, 0.1) is 0 Å². The lowest BCUT2D eigenvalue weighted by atomic mass is 9.68. The van der Waals surface area contributed by atoms with Gasteiger partial charge in [-0.3, -0.25) is 0 Å². The SMILES string of the molecule is CSCC1(CCN)CCC1. The maximum absolute atomic E-state index is 5.55. The molecule has 0 spiro atoms. The number of nitrogens with two attached hydrogens (primary N) is 1. The van der Waals surface area contributed by atoms with Crippen LogP contribution in [0.15, 0.2) is 0 Å². The van der Waals surface area contributed by atoms with Crippen LogP contribution in [0, 0.1) is 5.41 Å². The first-order chi connectivity index (χ1) is 4.83. The molecule has 0 heterocycles. The van der Waals surface area contributed by atoms with E-state index in [1.54, 1.807) is 0 Å². The summed E-state index contributed by atoms with van der Waals surface area (Å²) in [5, 5.41) is 0. The summed E-state index contributed by atoms with van der Waals surface area (Å²) in [5.41, 5.74) is 6.21. The van der Waals surface area contributed by atoms with Crippen LogP contribution in [0.3, 0.4) is 0 Å². The molecule has 0 amide bonds. The molecule has 2 N–H and O–H groups in total. The summed E-state index contributed by atoms with van der Waals surface area (Å²) in [6.45, 7) is 0.876. The summed E-state index contributed by atoms with van der Waals surface area (Å²) in [6, 6.07) is 0. The molecule has 0 aliphatic heterocycles. The summed E-state index contributed by atoms with van der Waals surface area (Å²) >= 11 is 1.97. The highest BCUT2D eigenvalue weighted by molar-refractivity contribution is 7.98. The van der Waals surface area contributed by atoms with Crippen molar-refractivity contribution < 1.29 is 0 Å². The largest absolute Gasteiger partial charge is 0.330 e. The molecule has 0 unspecified atom stereocenters. The molecule has 1 fully saturated rings. The number of thioether (sulfide) groups is 1. The second kappa shape index (κ2) is 3.63. The van der Waals surface area contributed by atoms with Crippen molar-refractivity contribution in [2.45, 2.75) is 25.7 Å². The summed E-state index contributed by atoms with van der Waals surface area (Å²) < 4.78 is 0. The Balaban J connectivity index is 2.27. The normalized spacial score (nSPS) is 22.2. The van der Waals surface area contributed by atoms with Crippen LogP contribution in [0.2, 0.25) is 0 Å². The highest BCUT2D eigenvalue weighted by atomic mass is 32.2. The maximum Gasteiger partial charge on any atom is -0.00131 e. The van der Waals surface area contributed by atoms with Gasteiger partial charge in [-0.25, -0.2) is 0 Å². The number of hydrogen-bond donors (Lipinski definition) is 1. The molecule has 0 aromatic carbocycles. The van der Waals surface area contributed by atoms with Gasteiger partial charge in [0.25, 0.3) is 0 Å². The lowest BCUT2D eigenvalue weighted by molar-refractivity contribution is 0.157. The monoisotopic (exact) mass is 159 g/mol. The molecule has 0 saturated heterocycles. The van der Waals surface area contributed by atoms with Crippen molar-refractivity contribution in [3.8, 4) is 0 Å². The van der Waals surface area contributed by atoms with Gasteiger partial charge in [0.1, 0.15) is 0 Å². The highest BCUT2D eigenvalue weighted by Gasteiger charge is 2.35. The van der Waals surface area contributed by atoms with Crippen LogP contribution in [0.4, 0.5) is 0 Å². The lowest BCUT2D eigenvalue weighted by Gasteiger charge is -2.41. The van der Waals surface area contributed by atoms with Crippen LogP contribution in [0.25, 0.3) is 0 Å². The second-order valence-electron chi connectivity index (χ2n) is 3.33. The fraction of sp³-hybridized carbons (Fsp3) is 1.00. The molecule has 0 aromatic heterocycles. The Morgan fingerprint density at radius 1 is 1.50 bits per heavy atom. The molecule has 10 heavy (non-hydrogen) atoms. The molecule has 1 aliphatic carbocycles. The van der Waals surface area contributed by atoms with Gasteiger partial charge in [0, 0.05) is 0 Å². The molecule has 0 bridgehead atoms. The fourth-order valence-corrected chi connectivity index (χ4v) is 2.80. The molecule has 1 saturated carbocycles. The predicted molar refractivity (Wildman–Crippen MR) is 48.3 cm³/mol. The van der Waals surface area contributed by atoms with E-state index in [-0.39, 0.29) is 0 Å². The third kappa shape index (κ3) is 1.67. The van der Waals surface area contributed by atoms with Crippen LogP contribution in [-0.4, -0.2) is 18.6 Å². The Bertz CT molecular complexity index is 91.4. The summed E-state index contributed by atoms with van der Waals surface area (Å²) in [7, 11) is 0. The summed E-state index contributed by atoms with van der Waals surface area (Å²) in [5.74, 6) is 1.32. The van der Waals surface area contributed by atoms with Crippen LogP contribution >= 0.6 is 11.8 Å². The van der Waals surface area contributed by atoms with Gasteiger partial charge >= 0.3 is 0 Å². The van der Waals surface area contributed by atoms with Crippen molar-refractivity contribution in [1.82, 2.24) is 0 Å². The third-order valence-electron chi connectivity index (χ3n) is 2.54. The van der Waals surface area contributed by atoms with Crippen molar-refractivity contribution in [3.63, 3.8) is 0 Å². The van der Waals surface area contributed by atoms with Crippen LogP contribution in [-0.2, 0) is 0 Å². The minimum atomic E-state index is 0.661. The first-order valence-corrected chi connectivity index (χ1v) is 5.41. The average Bonchev–Trinajstić information content (AvgIpc) is 1.84. The predicted octanol–water partition coefficient (Wildman–Crippen LogP) is 1.87. The van der Waals surface area contributed by atoms with E-state index in [1.807, 2.05) is 11.8 Å². The van der Waals surface area contributed by atoms with Gasteiger partial charge in [-0.2, -0.15) is 11.8 Å². The van der Waals surface area contributed by atoms with E-state index < -0.39 is 0 Å². The molecule has 1 aliphatic rings. The van der Waals surface area contributed by atoms with Crippen molar-refractivity contribution in [2.75, 3.05) is 18.6 Å². The standard InChI is InChI=1S/C8H17NS/c1-10-7-8(5-6-9)3-2-4-8/h2-7,9H2,1H3. The van der Waals surface area contributed by atoms with Gasteiger partial charge < -0.3 is 5.73 Å². The third-order valence-corrected chi connectivity index (χ3v) is 3.44. The van der Waals surface area contributed by atoms with Gasteiger partial charge in [0.2, 0.25) is 0 Å². The summed E-state index contributed by atoms with van der Waals surface area (Å²) in [4.78, 5) is 0. The molecule has 1 rings (SSSR count). The zero-order valence-electron chi connectivity index (χ0n) is 6.73. The van der Waals surface area contributed by atoms with E-state index in [1.165, 1.54) is 31.4 Å². The van der Waals surface area contributed by atoms with Gasteiger partial charge in [-0.05, 0) is 43.2 Å². The fourth-order valence-electron chi connectivity index (χ4n) is 1.76. The maximum atomic E-state index is 5.55. The Morgan fingerprint density at radius 2 is 2.20 bits per heavy atom. The van der Waals surface area contributed by atoms with E-state index in [4.69, 9.17) is 5.73 Å². The number of rotatable bonds is 4. The molecule has 0 aromatic rings. The minimum Gasteiger partial charge on any atom is -0.330 e. The number of hydrogen-bond acceptors (Lipinski definition) is 2. The van der Waals surface area contributed by atoms with Crippen LogP contribution in [0.1, 0.15) is 25.7 Å². The lowest BCUT2D eigenvalue weighted by Crippen LogP contribution is -2.34. The van der Waals surface area contributed by atoms with Crippen LogP contribution < -0.4 is 5.73 Å². The molecule has 0 radical (unpaired) electrons. The van der Waals surface area contributed by atoms with Gasteiger partial charge in [0.15, 0.2) is 0 Å². The first-order valence-electron chi connectivity index (χ1n) is 4.02. The smallest absolute Gasteiger partial charge is 0.00131 e. The Hall–Kier alpha value is 0.310. The Morgan fingerprint density at radius 3 is 2.50 bits per heavy atom. The van der Waals surface area contributed by atoms with Crippen molar-refractivity contribution >= 4 is 11.8 Å². The van der Waals surface area contributed by atoms with Crippen molar-refractivity contribution in [1.29, 1.82) is 0 Å². The molecule has 1 nitrogen and oxygen atoms in total. The van der Waals surface area contributed by atoms with Crippen LogP contribution in [0.5, 0.6) is 0 Å². The molecular formula is C8H17NS. The Labute approximate surface area is 67.8 Å². The quantitative estimate of drug-likeness (QED) is 0.677. The molecular weight excluding hydrogens is 142 g/mol. The summed E-state index contributed by atoms with van der Waals surface area (Å²) in [6.07, 6.45) is 7.71. The second-order valence-corrected chi connectivity index (χ2v) is 4.19. The Kier molecular flexibility index (Phi) is 3.05. The van der Waals surface area contributed by atoms with Crippen molar-refractivity contribution in [2.24, 2.45) is 11.1 Å². The van der Waals surface area contributed by atoms with E-state index in [2.05, 4.69) is 6.26 Å². The van der Waals surface area contributed by atoms with E-state index in [0.29, 0.717) is 5.41 Å². The van der Waals surface area contributed by atoms with Gasteiger partial charge in [-0.15, -0.1) is 0 Å². The highest BCUT2D eigenvalue weighted by Crippen LogP contribution is 2.45. The molecule has 0 atom stereocenters.